The molecule has 2 N–H and O–H groups in total. The molecule has 1 saturated heterocycles. The molecule has 0 bridgehead atoms. The average molecular weight is 226 g/mol. The van der Waals surface area contributed by atoms with Crippen molar-refractivity contribution >= 4 is 11.8 Å². The molecule has 1 heterocycles. The Labute approximate surface area is 97.2 Å². The minimum atomic E-state index is -0.693. The molecule has 4 nitrogen and oxygen atoms in total. The Hall–Kier alpha value is -1.06. The van der Waals surface area contributed by atoms with Gasteiger partial charge in [-0.2, -0.15) is 0 Å². The van der Waals surface area contributed by atoms with Gasteiger partial charge >= 0.3 is 0 Å². The molecule has 1 aliphatic heterocycles. The zero-order valence-corrected chi connectivity index (χ0v) is 10.6. The fourth-order valence-corrected chi connectivity index (χ4v) is 2.10. The number of carbonyl (C=O) groups excluding carboxylic acids is 2. The SMILES string of the molecule is CCC(C)C1NC(=O)C(CC)(CC)NC1=O. The molecular formula is C12H22N2O2. The van der Waals surface area contributed by atoms with Crippen LogP contribution in [-0.4, -0.2) is 23.4 Å². The highest BCUT2D eigenvalue weighted by atomic mass is 16.2. The van der Waals surface area contributed by atoms with Crippen LogP contribution in [0.4, 0.5) is 0 Å². The minimum Gasteiger partial charge on any atom is -0.342 e. The predicted octanol–water partition coefficient (Wildman–Crippen LogP) is 1.21. The zero-order chi connectivity index (χ0) is 12.3. The maximum absolute atomic E-state index is 12.0. The van der Waals surface area contributed by atoms with E-state index in [1.165, 1.54) is 0 Å². The van der Waals surface area contributed by atoms with Crippen LogP contribution in [-0.2, 0) is 9.59 Å². The lowest BCUT2D eigenvalue weighted by atomic mass is 9.86. The van der Waals surface area contributed by atoms with E-state index in [1.54, 1.807) is 0 Å². The van der Waals surface area contributed by atoms with E-state index in [1.807, 2.05) is 27.7 Å². The van der Waals surface area contributed by atoms with Gasteiger partial charge in [0.05, 0.1) is 0 Å². The van der Waals surface area contributed by atoms with Crippen LogP contribution in [0.3, 0.4) is 0 Å². The second kappa shape index (κ2) is 4.85. The Bertz CT molecular complexity index is 285. The quantitative estimate of drug-likeness (QED) is 0.757. The van der Waals surface area contributed by atoms with Gasteiger partial charge in [0.15, 0.2) is 0 Å². The minimum absolute atomic E-state index is 0.0394. The number of piperazine rings is 1. The lowest BCUT2D eigenvalue weighted by molar-refractivity contribution is -0.143. The van der Waals surface area contributed by atoms with Gasteiger partial charge in [0.1, 0.15) is 11.6 Å². The largest absolute Gasteiger partial charge is 0.342 e. The molecule has 1 aliphatic rings. The Kier molecular flexibility index (Phi) is 3.94. The normalized spacial score (nSPS) is 25.9. The highest BCUT2D eigenvalue weighted by Gasteiger charge is 2.44. The van der Waals surface area contributed by atoms with Crippen LogP contribution in [0.2, 0.25) is 0 Å². The van der Waals surface area contributed by atoms with E-state index in [0.717, 1.165) is 6.42 Å². The van der Waals surface area contributed by atoms with E-state index in [2.05, 4.69) is 10.6 Å². The summed E-state index contributed by atoms with van der Waals surface area (Å²) < 4.78 is 0. The number of rotatable bonds is 4. The molecule has 0 spiro atoms. The molecule has 0 aromatic carbocycles. The first-order valence-electron chi connectivity index (χ1n) is 6.13. The molecule has 16 heavy (non-hydrogen) atoms. The van der Waals surface area contributed by atoms with Gasteiger partial charge in [-0.05, 0) is 18.8 Å². The Morgan fingerprint density at radius 3 is 2.25 bits per heavy atom. The van der Waals surface area contributed by atoms with Gasteiger partial charge in [0, 0.05) is 0 Å². The van der Waals surface area contributed by atoms with Crippen molar-refractivity contribution in [2.24, 2.45) is 5.92 Å². The molecular weight excluding hydrogens is 204 g/mol. The summed E-state index contributed by atoms with van der Waals surface area (Å²) in [6.07, 6.45) is 2.15. The van der Waals surface area contributed by atoms with E-state index in [-0.39, 0.29) is 23.8 Å². The third kappa shape index (κ3) is 2.06. The Morgan fingerprint density at radius 2 is 1.81 bits per heavy atom. The van der Waals surface area contributed by atoms with E-state index in [0.29, 0.717) is 12.8 Å². The van der Waals surface area contributed by atoms with E-state index in [9.17, 15) is 9.59 Å². The third-order valence-corrected chi connectivity index (χ3v) is 3.79. The van der Waals surface area contributed by atoms with Crippen molar-refractivity contribution in [1.29, 1.82) is 0 Å². The van der Waals surface area contributed by atoms with Gasteiger partial charge in [-0.25, -0.2) is 0 Å². The van der Waals surface area contributed by atoms with Gasteiger partial charge in [0.2, 0.25) is 11.8 Å². The molecule has 0 aromatic heterocycles. The van der Waals surface area contributed by atoms with Crippen molar-refractivity contribution in [3.8, 4) is 0 Å². The number of hydrogen-bond donors (Lipinski definition) is 2. The van der Waals surface area contributed by atoms with Gasteiger partial charge in [-0.3, -0.25) is 9.59 Å². The van der Waals surface area contributed by atoms with Crippen LogP contribution < -0.4 is 10.6 Å². The molecule has 0 radical (unpaired) electrons. The van der Waals surface area contributed by atoms with Crippen molar-refractivity contribution in [3.05, 3.63) is 0 Å². The summed E-state index contributed by atoms with van der Waals surface area (Å²) in [5.41, 5.74) is -0.693. The molecule has 1 rings (SSSR count). The lowest BCUT2D eigenvalue weighted by Crippen LogP contribution is -2.70. The second-order valence-electron chi connectivity index (χ2n) is 4.62. The van der Waals surface area contributed by atoms with Crippen LogP contribution >= 0.6 is 0 Å². The van der Waals surface area contributed by atoms with Crippen LogP contribution in [0.25, 0.3) is 0 Å². The summed E-state index contributed by atoms with van der Waals surface area (Å²) in [5, 5.41) is 5.75. The van der Waals surface area contributed by atoms with Crippen molar-refractivity contribution in [2.75, 3.05) is 0 Å². The first-order chi connectivity index (χ1) is 7.50. The molecule has 1 fully saturated rings. The molecule has 0 saturated carbocycles. The Balaban J connectivity index is 2.86. The molecule has 2 atom stereocenters. The Morgan fingerprint density at radius 1 is 1.25 bits per heavy atom. The zero-order valence-electron chi connectivity index (χ0n) is 10.6. The maximum Gasteiger partial charge on any atom is 0.246 e. The first-order valence-corrected chi connectivity index (χ1v) is 6.13. The number of amides is 2. The second-order valence-corrected chi connectivity index (χ2v) is 4.62. The van der Waals surface area contributed by atoms with E-state index >= 15 is 0 Å². The summed E-state index contributed by atoms with van der Waals surface area (Å²) in [4.78, 5) is 24.0. The summed E-state index contributed by atoms with van der Waals surface area (Å²) >= 11 is 0. The maximum atomic E-state index is 12.0. The monoisotopic (exact) mass is 226 g/mol. The van der Waals surface area contributed by atoms with Crippen LogP contribution in [0.15, 0.2) is 0 Å². The number of nitrogens with one attached hydrogen (secondary N) is 2. The summed E-state index contributed by atoms with van der Waals surface area (Å²) in [7, 11) is 0. The lowest BCUT2D eigenvalue weighted by Gasteiger charge is -2.40. The van der Waals surface area contributed by atoms with Crippen molar-refractivity contribution in [2.45, 2.75) is 58.5 Å². The number of hydrogen-bond acceptors (Lipinski definition) is 2. The standard InChI is InChI=1S/C12H22N2O2/c1-5-8(4)9-10(15)14-12(6-2,7-3)11(16)13-9/h8-9H,5-7H2,1-4H3,(H,13,16)(H,14,15). The van der Waals surface area contributed by atoms with Gasteiger partial charge in [-0.15, -0.1) is 0 Å². The van der Waals surface area contributed by atoms with Crippen molar-refractivity contribution < 1.29 is 9.59 Å². The van der Waals surface area contributed by atoms with E-state index in [4.69, 9.17) is 0 Å². The highest BCUT2D eigenvalue weighted by Crippen LogP contribution is 2.22. The first kappa shape index (κ1) is 13.0. The van der Waals surface area contributed by atoms with Gasteiger partial charge in [0.25, 0.3) is 0 Å². The molecule has 0 aromatic rings. The van der Waals surface area contributed by atoms with E-state index < -0.39 is 5.54 Å². The molecule has 4 heteroatoms. The average Bonchev–Trinajstić information content (AvgIpc) is 2.30. The third-order valence-electron chi connectivity index (χ3n) is 3.79. The topological polar surface area (TPSA) is 58.2 Å². The van der Waals surface area contributed by atoms with Crippen LogP contribution in [0, 0.1) is 5.92 Å². The molecule has 2 unspecified atom stereocenters. The fraction of sp³-hybridized carbons (Fsp3) is 0.833. The van der Waals surface area contributed by atoms with Gasteiger partial charge in [-0.1, -0.05) is 34.1 Å². The summed E-state index contributed by atoms with van der Waals surface area (Å²) in [6, 6.07) is -0.372. The van der Waals surface area contributed by atoms with Crippen LogP contribution in [0.1, 0.15) is 47.0 Å². The summed E-state index contributed by atoms with van der Waals surface area (Å²) in [6.45, 7) is 7.85. The fourth-order valence-electron chi connectivity index (χ4n) is 2.10. The molecule has 0 aliphatic carbocycles. The highest BCUT2D eigenvalue weighted by molar-refractivity contribution is 5.99. The molecule has 2 amide bonds. The smallest absolute Gasteiger partial charge is 0.246 e. The number of carbonyl (C=O) groups is 2. The van der Waals surface area contributed by atoms with Crippen LogP contribution in [0.5, 0.6) is 0 Å². The van der Waals surface area contributed by atoms with Gasteiger partial charge < -0.3 is 10.6 Å². The van der Waals surface area contributed by atoms with Crippen molar-refractivity contribution in [1.82, 2.24) is 10.6 Å². The summed E-state index contributed by atoms with van der Waals surface area (Å²) in [5.74, 6) is 0.0933. The van der Waals surface area contributed by atoms with Crippen molar-refractivity contribution in [3.63, 3.8) is 0 Å². The predicted molar refractivity (Wildman–Crippen MR) is 62.8 cm³/mol. The molecule has 92 valence electrons.